The Morgan fingerprint density at radius 2 is 1.61 bits per heavy atom. The van der Waals surface area contributed by atoms with Crippen LogP contribution in [-0.2, 0) is 11.3 Å². The molecule has 33 heavy (non-hydrogen) atoms. The van der Waals surface area contributed by atoms with Crippen LogP contribution in [0.15, 0.2) is 59.4 Å². The maximum absolute atomic E-state index is 13.2. The summed E-state index contributed by atoms with van der Waals surface area (Å²) in [4.78, 5) is 31.0. The molecule has 4 aromatic rings. The Kier molecular flexibility index (Phi) is 5.96. The van der Waals surface area contributed by atoms with Crippen LogP contribution in [0.3, 0.4) is 0 Å². The first-order valence-corrected chi connectivity index (χ1v) is 10.8. The molecule has 0 aliphatic carbocycles. The van der Waals surface area contributed by atoms with Gasteiger partial charge in [0.1, 0.15) is 6.54 Å². The van der Waals surface area contributed by atoms with Crippen LogP contribution in [0.25, 0.3) is 17.2 Å². The van der Waals surface area contributed by atoms with Crippen molar-refractivity contribution in [2.24, 2.45) is 0 Å². The number of nitrogens with one attached hydrogen (secondary N) is 1. The summed E-state index contributed by atoms with van der Waals surface area (Å²) in [7, 11) is 0. The molecule has 0 aliphatic rings. The van der Waals surface area contributed by atoms with E-state index in [4.69, 9.17) is 4.98 Å². The average Bonchev–Trinajstić information content (AvgIpc) is 3.10. The number of benzene rings is 2. The minimum atomic E-state index is -0.320. The van der Waals surface area contributed by atoms with Gasteiger partial charge in [0.2, 0.25) is 11.9 Å². The lowest BCUT2D eigenvalue weighted by Crippen LogP contribution is -2.32. The van der Waals surface area contributed by atoms with Crippen molar-refractivity contribution in [1.29, 1.82) is 0 Å². The lowest BCUT2D eigenvalue weighted by molar-refractivity contribution is -0.116. The number of hydrogen-bond donors (Lipinski definition) is 1. The summed E-state index contributed by atoms with van der Waals surface area (Å²) in [5.74, 6) is 0.00338. The van der Waals surface area contributed by atoms with Crippen molar-refractivity contribution in [3.8, 4) is 17.2 Å². The van der Waals surface area contributed by atoms with Gasteiger partial charge in [-0.1, -0.05) is 48.0 Å². The van der Waals surface area contributed by atoms with Crippen molar-refractivity contribution in [3.05, 3.63) is 93.0 Å². The Hall–Kier alpha value is -4.00. The highest BCUT2D eigenvalue weighted by Crippen LogP contribution is 2.22. The van der Waals surface area contributed by atoms with E-state index in [1.165, 1.54) is 10.6 Å². The topological polar surface area (TPSA) is 81.8 Å². The third kappa shape index (κ3) is 4.62. The fourth-order valence-electron chi connectivity index (χ4n) is 4.09. The molecular weight excluding hydrogens is 414 g/mol. The molecule has 0 spiro atoms. The van der Waals surface area contributed by atoms with Gasteiger partial charge in [0.05, 0.1) is 11.4 Å². The van der Waals surface area contributed by atoms with Crippen molar-refractivity contribution >= 4 is 11.6 Å². The summed E-state index contributed by atoms with van der Waals surface area (Å²) < 4.78 is 2.97. The zero-order chi connectivity index (χ0) is 23.7. The molecule has 2 aromatic heterocycles. The highest BCUT2D eigenvalue weighted by atomic mass is 16.2. The number of rotatable bonds is 5. The van der Waals surface area contributed by atoms with Gasteiger partial charge in [0.15, 0.2) is 0 Å². The molecule has 0 fully saturated rings. The van der Waals surface area contributed by atoms with E-state index in [1.807, 2.05) is 83.1 Å². The number of carbonyl (C=O) groups is 1. The van der Waals surface area contributed by atoms with Gasteiger partial charge in [0.25, 0.3) is 5.56 Å². The number of carbonyl (C=O) groups excluding carboxylic acids is 1. The number of amides is 1. The van der Waals surface area contributed by atoms with Gasteiger partial charge in [-0.05, 0) is 51.8 Å². The fraction of sp³-hybridized carbons (Fsp3) is 0.231. The largest absolute Gasteiger partial charge is 0.324 e. The van der Waals surface area contributed by atoms with Crippen LogP contribution < -0.4 is 10.9 Å². The molecule has 0 unspecified atom stereocenters. The van der Waals surface area contributed by atoms with E-state index in [2.05, 4.69) is 10.4 Å². The second-order valence-corrected chi connectivity index (χ2v) is 8.39. The summed E-state index contributed by atoms with van der Waals surface area (Å²) in [6.07, 6.45) is 0. The molecule has 0 saturated heterocycles. The van der Waals surface area contributed by atoms with Gasteiger partial charge < -0.3 is 5.32 Å². The quantitative estimate of drug-likeness (QED) is 0.501. The van der Waals surface area contributed by atoms with E-state index in [9.17, 15) is 9.59 Å². The Balaban J connectivity index is 1.77. The van der Waals surface area contributed by atoms with Gasteiger partial charge in [-0.25, -0.2) is 9.67 Å². The summed E-state index contributed by atoms with van der Waals surface area (Å²) in [5.41, 5.74) is 6.50. The molecular formula is C26H27N5O2. The maximum atomic E-state index is 13.2. The van der Waals surface area contributed by atoms with Crippen LogP contribution in [0.4, 0.5) is 5.69 Å². The number of aryl methyl sites for hydroxylation is 5. The minimum absolute atomic E-state index is 0.179. The first-order chi connectivity index (χ1) is 15.7. The van der Waals surface area contributed by atoms with Crippen molar-refractivity contribution < 1.29 is 4.79 Å². The molecule has 0 aliphatic heterocycles. The van der Waals surface area contributed by atoms with Crippen molar-refractivity contribution in [2.45, 2.75) is 41.2 Å². The Labute approximate surface area is 192 Å². The van der Waals surface area contributed by atoms with Crippen LogP contribution >= 0.6 is 0 Å². The minimum Gasteiger partial charge on any atom is -0.324 e. The van der Waals surface area contributed by atoms with Gasteiger partial charge in [0, 0.05) is 23.0 Å². The highest BCUT2D eigenvalue weighted by Gasteiger charge is 2.18. The summed E-state index contributed by atoms with van der Waals surface area (Å²) in [6, 6.07) is 16.9. The van der Waals surface area contributed by atoms with Crippen molar-refractivity contribution in [2.75, 3.05) is 5.32 Å². The lowest BCUT2D eigenvalue weighted by Gasteiger charge is -2.16. The second-order valence-electron chi connectivity index (χ2n) is 8.39. The SMILES string of the molecule is Cc1cc(C)c(NC(=O)Cn2c(-n3nc(C)cc3C)nc(-c3ccccc3)cc2=O)c(C)c1. The molecule has 0 radical (unpaired) electrons. The van der Waals surface area contributed by atoms with Crippen molar-refractivity contribution in [1.82, 2.24) is 19.3 Å². The fourth-order valence-corrected chi connectivity index (χ4v) is 4.09. The average molecular weight is 442 g/mol. The normalized spacial score (nSPS) is 10.9. The zero-order valence-electron chi connectivity index (χ0n) is 19.5. The number of aromatic nitrogens is 4. The summed E-state index contributed by atoms with van der Waals surface area (Å²) >= 11 is 0. The van der Waals surface area contributed by atoms with E-state index >= 15 is 0 Å². The first-order valence-electron chi connectivity index (χ1n) is 10.8. The second kappa shape index (κ2) is 8.86. The van der Waals surface area contributed by atoms with Crippen LogP contribution in [0.5, 0.6) is 0 Å². The standard InChI is InChI=1S/C26H27N5O2/c1-16-11-17(2)25(18(3)12-16)28-23(32)15-30-24(33)14-22(21-9-7-6-8-10-21)27-26(30)31-20(5)13-19(4)29-31/h6-14H,15H2,1-5H3,(H,28,32). The van der Waals surface area contributed by atoms with Gasteiger partial charge in [-0.3, -0.25) is 14.2 Å². The lowest BCUT2D eigenvalue weighted by atomic mass is 10.1. The molecule has 0 saturated carbocycles. The molecule has 7 heteroatoms. The molecule has 1 N–H and O–H groups in total. The van der Waals surface area contributed by atoms with Gasteiger partial charge in [-0.2, -0.15) is 5.10 Å². The number of anilines is 1. The number of nitrogens with zero attached hydrogens (tertiary/aromatic N) is 4. The van der Waals surface area contributed by atoms with Crippen LogP contribution in [0, 0.1) is 34.6 Å². The van der Waals surface area contributed by atoms with Gasteiger partial charge in [-0.15, -0.1) is 0 Å². The molecule has 2 aromatic carbocycles. The Morgan fingerprint density at radius 1 is 0.939 bits per heavy atom. The molecule has 4 rings (SSSR count). The predicted molar refractivity (Wildman–Crippen MR) is 130 cm³/mol. The maximum Gasteiger partial charge on any atom is 0.256 e. The summed E-state index contributed by atoms with van der Waals surface area (Å²) in [5, 5.41) is 7.48. The molecule has 168 valence electrons. The van der Waals surface area contributed by atoms with Crippen LogP contribution in [-0.4, -0.2) is 25.2 Å². The Bertz CT molecular complexity index is 1380. The highest BCUT2D eigenvalue weighted by molar-refractivity contribution is 5.92. The zero-order valence-corrected chi connectivity index (χ0v) is 19.5. The first kappa shape index (κ1) is 22.2. The number of hydrogen-bond acceptors (Lipinski definition) is 4. The molecule has 0 bridgehead atoms. The van der Waals surface area contributed by atoms with Crippen molar-refractivity contribution in [3.63, 3.8) is 0 Å². The monoisotopic (exact) mass is 441 g/mol. The third-order valence-corrected chi connectivity index (χ3v) is 5.50. The van der Waals surface area contributed by atoms with Gasteiger partial charge >= 0.3 is 0 Å². The smallest absolute Gasteiger partial charge is 0.256 e. The van der Waals surface area contributed by atoms with Crippen LogP contribution in [0.1, 0.15) is 28.1 Å². The molecule has 1 amide bonds. The third-order valence-electron chi connectivity index (χ3n) is 5.50. The van der Waals surface area contributed by atoms with E-state index in [0.29, 0.717) is 11.6 Å². The molecule has 7 nitrogen and oxygen atoms in total. The summed E-state index contributed by atoms with van der Waals surface area (Å²) in [6.45, 7) is 9.53. The Morgan fingerprint density at radius 3 is 2.21 bits per heavy atom. The van der Waals surface area contributed by atoms with E-state index < -0.39 is 0 Å². The van der Waals surface area contributed by atoms with E-state index in [-0.39, 0.29) is 18.0 Å². The van der Waals surface area contributed by atoms with E-state index in [1.54, 1.807) is 4.68 Å². The van der Waals surface area contributed by atoms with E-state index in [0.717, 1.165) is 39.3 Å². The predicted octanol–water partition coefficient (Wildman–Crippen LogP) is 4.28. The molecule has 2 heterocycles. The van der Waals surface area contributed by atoms with Crippen LogP contribution in [0.2, 0.25) is 0 Å². The molecule has 0 atom stereocenters.